The van der Waals surface area contributed by atoms with Gasteiger partial charge in [-0.15, -0.1) is 0 Å². The van der Waals surface area contributed by atoms with Crippen molar-refractivity contribution in [2.75, 3.05) is 9.80 Å². The lowest BCUT2D eigenvalue weighted by atomic mass is 10.0. The van der Waals surface area contributed by atoms with Crippen LogP contribution in [0.25, 0.3) is 17.2 Å². The summed E-state index contributed by atoms with van der Waals surface area (Å²) in [6.07, 6.45) is 1.89. The molecule has 0 saturated carbocycles. The fourth-order valence-corrected chi connectivity index (χ4v) is 5.79. The van der Waals surface area contributed by atoms with Gasteiger partial charge in [0, 0.05) is 34.1 Å². The largest absolute Gasteiger partial charge is 0.310 e. The molecular weight excluding hydrogens is 532 g/mol. The van der Waals surface area contributed by atoms with Crippen LogP contribution < -0.4 is 9.80 Å². The fraction of sp³-hybridized carbons (Fsp3) is 0.0952. The van der Waals surface area contributed by atoms with Gasteiger partial charge < -0.3 is 9.80 Å². The number of anilines is 6. The third-order valence-electron chi connectivity index (χ3n) is 7.94. The number of benzene rings is 6. The second-order valence-corrected chi connectivity index (χ2v) is 11.6. The number of rotatable bonds is 8. The Hall–Kier alpha value is -5.34. The van der Waals surface area contributed by atoms with Crippen molar-refractivity contribution in [2.45, 2.75) is 27.7 Å². The molecule has 44 heavy (non-hydrogen) atoms. The zero-order chi connectivity index (χ0) is 30.6. The summed E-state index contributed by atoms with van der Waals surface area (Å²) >= 11 is 0. The molecule has 0 aliphatic heterocycles. The van der Waals surface area contributed by atoms with E-state index in [0.29, 0.717) is 0 Å². The summed E-state index contributed by atoms with van der Waals surface area (Å²) in [6.45, 7) is 12.6. The summed E-state index contributed by atoms with van der Waals surface area (Å²) in [5.74, 6) is 0. The summed E-state index contributed by atoms with van der Waals surface area (Å²) in [5, 5.41) is 0. The molecule has 216 valence electrons. The van der Waals surface area contributed by atoms with Gasteiger partial charge >= 0.3 is 0 Å². The molecule has 2 heteroatoms. The standard InChI is InChI=1S/C42H38N2/c1-6-34-19-21-35(22-20-34)36-27-41(43(37-15-7-11-30(2)23-37)38-16-8-12-31(3)24-38)29-42(28-36)44(39-17-9-13-32(4)25-39)40-18-10-14-33(5)26-40/h6-29H,1H2,2-5H3. The number of hydrogen-bond acceptors (Lipinski definition) is 2. The van der Waals surface area contributed by atoms with Crippen LogP contribution in [0.5, 0.6) is 0 Å². The molecule has 6 aromatic carbocycles. The minimum Gasteiger partial charge on any atom is -0.310 e. The summed E-state index contributed by atoms with van der Waals surface area (Å²) in [6, 6.07) is 50.5. The van der Waals surface area contributed by atoms with Crippen LogP contribution in [-0.4, -0.2) is 0 Å². The van der Waals surface area contributed by atoms with Crippen molar-refractivity contribution < 1.29 is 0 Å². The molecule has 2 nitrogen and oxygen atoms in total. The molecule has 0 atom stereocenters. The van der Waals surface area contributed by atoms with Crippen LogP contribution in [0.2, 0.25) is 0 Å². The summed E-state index contributed by atoms with van der Waals surface area (Å²) in [4.78, 5) is 4.74. The third-order valence-corrected chi connectivity index (χ3v) is 7.94. The highest BCUT2D eigenvalue weighted by molar-refractivity contribution is 5.87. The predicted octanol–water partition coefficient (Wildman–Crippen LogP) is 12.2. The van der Waals surface area contributed by atoms with Crippen LogP contribution in [0.15, 0.2) is 146 Å². The van der Waals surface area contributed by atoms with Crippen molar-refractivity contribution in [3.05, 3.63) is 174 Å². The van der Waals surface area contributed by atoms with Crippen LogP contribution >= 0.6 is 0 Å². The van der Waals surface area contributed by atoms with Crippen LogP contribution in [-0.2, 0) is 0 Å². The zero-order valence-electron chi connectivity index (χ0n) is 26.0. The van der Waals surface area contributed by atoms with E-state index in [1.807, 2.05) is 6.08 Å². The minimum absolute atomic E-state index is 1.09. The molecule has 0 radical (unpaired) electrons. The second-order valence-electron chi connectivity index (χ2n) is 11.6. The molecule has 0 aromatic heterocycles. The van der Waals surface area contributed by atoms with Crippen LogP contribution in [0.1, 0.15) is 27.8 Å². The van der Waals surface area contributed by atoms with Crippen LogP contribution in [0, 0.1) is 27.7 Å². The Balaban J connectivity index is 1.65. The van der Waals surface area contributed by atoms with E-state index in [1.165, 1.54) is 22.3 Å². The van der Waals surface area contributed by atoms with Gasteiger partial charge in [0.15, 0.2) is 0 Å². The Morgan fingerprint density at radius 1 is 0.386 bits per heavy atom. The van der Waals surface area contributed by atoms with Crippen molar-refractivity contribution in [1.82, 2.24) is 0 Å². The van der Waals surface area contributed by atoms with E-state index in [9.17, 15) is 0 Å². The molecule has 0 amide bonds. The molecule has 0 heterocycles. The van der Waals surface area contributed by atoms with Crippen LogP contribution in [0.3, 0.4) is 0 Å². The van der Waals surface area contributed by atoms with Gasteiger partial charge in [0.2, 0.25) is 0 Å². The van der Waals surface area contributed by atoms with Crippen molar-refractivity contribution >= 4 is 40.2 Å². The quantitative estimate of drug-likeness (QED) is 0.180. The van der Waals surface area contributed by atoms with Gasteiger partial charge in [-0.25, -0.2) is 0 Å². The molecule has 0 N–H and O–H groups in total. The van der Waals surface area contributed by atoms with Gasteiger partial charge in [-0.05, 0) is 133 Å². The first-order chi connectivity index (χ1) is 21.4. The van der Waals surface area contributed by atoms with Gasteiger partial charge in [-0.3, -0.25) is 0 Å². The smallest absolute Gasteiger partial charge is 0.0488 e. The predicted molar refractivity (Wildman–Crippen MR) is 190 cm³/mol. The number of aryl methyl sites for hydroxylation is 4. The Kier molecular flexibility index (Phi) is 8.16. The maximum atomic E-state index is 3.96. The van der Waals surface area contributed by atoms with Crippen LogP contribution in [0.4, 0.5) is 34.1 Å². The lowest BCUT2D eigenvalue weighted by molar-refractivity contribution is 1.23. The summed E-state index contributed by atoms with van der Waals surface area (Å²) in [7, 11) is 0. The second kappa shape index (κ2) is 12.5. The van der Waals surface area contributed by atoms with E-state index in [0.717, 1.165) is 50.8 Å². The average Bonchev–Trinajstić information content (AvgIpc) is 3.02. The molecular formula is C42H38N2. The molecule has 0 aliphatic carbocycles. The molecule has 6 aromatic rings. The topological polar surface area (TPSA) is 6.48 Å². The van der Waals surface area contributed by atoms with Gasteiger partial charge in [0.05, 0.1) is 0 Å². The molecule has 0 aliphatic rings. The fourth-order valence-electron chi connectivity index (χ4n) is 5.79. The SMILES string of the molecule is C=Cc1ccc(-c2cc(N(c3cccc(C)c3)c3cccc(C)c3)cc(N(c3cccc(C)c3)c3cccc(C)c3)c2)cc1. The van der Waals surface area contributed by atoms with Crippen molar-refractivity contribution in [1.29, 1.82) is 0 Å². The monoisotopic (exact) mass is 570 g/mol. The highest BCUT2D eigenvalue weighted by Crippen LogP contribution is 2.43. The van der Waals surface area contributed by atoms with E-state index < -0.39 is 0 Å². The van der Waals surface area contributed by atoms with E-state index in [1.54, 1.807) is 0 Å². The lowest BCUT2D eigenvalue weighted by Gasteiger charge is -2.31. The first-order valence-corrected chi connectivity index (χ1v) is 15.1. The number of nitrogens with zero attached hydrogens (tertiary/aromatic N) is 2. The lowest BCUT2D eigenvalue weighted by Crippen LogP contribution is -2.14. The summed E-state index contributed by atoms with van der Waals surface area (Å²) < 4.78 is 0. The molecule has 0 fully saturated rings. The van der Waals surface area contributed by atoms with E-state index in [4.69, 9.17) is 0 Å². The first kappa shape index (κ1) is 28.8. The maximum Gasteiger partial charge on any atom is 0.0488 e. The van der Waals surface area contributed by atoms with Crippen molar-refractivity contribution in [2.24, 2.45) is 0 Å². The highest BCUT2D eigenvalue weighted by atomic mass is 15.2. The van der Waals surface area contributed by atoms with Gasteiger partial charge in [-0.2, -0.15) is 0 Å². The van der Waals surface area contributed by atoms with Gasteiger partial charge in [0.1, 0.15) is 0 Å². The minimum atomic E-state index is 1.09. The van der Waals surface area contributed by atoms with Crippen molar-refractivity contribution in [3.8, 4) is 11.1 Å². The molecule has 6 rings (SSSR count). The normalized spacial score (nSPS) is 10.8. The summed E-state index contributed by atoms with van der Waals surface area (Å²) in [5.41, 5.74) is 15.0. The molecule has 0 spiro atoms. The highest BCUT2D eigenvalue weighted by Gasteiger charge is 2.20. The first-order valence-electron chi connectivity index (χ1n) is 15.1. The maximum absolute atomic E-state index is 3.96. The van der Waals surface area contributed by atoms with E-state index in [2.05, 4.69) is 184 Å². The van der Waals surface area contributed by atoms with Gasteiger partial charge in [-0.1, -0.05) is 85.5 Å². The van der Waals surface area contributed by atoms with E-state index >= 15 is 0 Å². The molecule has 0 saturated heterocycles. The van der Waals surface area contributed by atoms with Crippen molar-refractivity contribution in [3.63, 3.8) is 0 Å². The Labute approximate surface area is 262 Å². The average molecular weight is 571 g/mol. The Morgan fingerprint density at radius 2 is 0.750 bits per heavy atom. The molecule has 0 bridgehead atoms. The number of hydrogen-bond donors (Lipinski definition) is 0. The Morgan fingerprint density at radius 3 is 1.07 bits per heavy atom. The van der Waals surface area contributed by atoms with Gasteiger partial charge in [0.25, 0.3) is 0 Å². The Bertz CT molecular complexity index is 1730. The molecule has 0 unspecified atom stereocenters. The zero-order valence-corrected chi connectivity index (χ0v) is 26.0. The van der Waals surface area contributed by atoms with E-state index in [-0.39, 0.29) is 0 Å². The third kappa shape index (κ3) is 6.21.